The summed E-state index contributed by atoms with van der Waals surface area (Å²) in [5.41, 5.74) is -2.75. The molecule has 11 nitrogen and oxygen atoms in total. The van der Waals surface area contributed by atoms with Gasteiger partial charge in [0.15, 0.2) is 11.9 Å². The molecular weight excluding hydrogens is 809 g/mol. The number of fused-ring (bicyclic) bond motifs is 1. The lowest BCUT2D eigenvalue weighted by Crippen LogP contribution is -2.79. The van der Waals surface area contributed by atoms with Gasteiger partial charge in [-0.05, 0) is 118 Å². The number of carbonyl (C=O) groups excluding carboxylic acids is 3. The molecule has 11 heteroatoms. The van der Waals surface area contributed by atoms with Crippen molar-refractivity contribution in [2.24, 2.45) is 57.7 Å². The predicted molar refractivity (Wildman–Crippen MR) is 237 cm³/mol. The van der Waals surface area contributed by atoms with Crippen LogP contribution in [0, 0.1) is 57.7 Å². The van der Waals surface area contributed by atoms with Gasteiger partial charge in [-0.3, -0.25) is 9.59 Å². The van der Waals surface area contributed by atoms with E-state index in [1.807, 2.05) is 13.0 Å². The Morgan fingerprint density at radius 1 is 0.922 bits per heavy atom. The van der Waals surface area contributed by atoms with Crippen LogP contribution >= 0.6 is 0 Å². The van der Waals surface area contributed by atoms with Crippen LogP contribution in [0.25, 0.3) is 0 Å². The lowest BCUT2D eigenvalue weighted by Gasteiger charge is -2.70. The van der Waals surface area contributed by atoms with E-state index in [9.17, 15) is 14.7 Å². The number of rotatable bonds is 11. The predicted octanol–water partition coefficient (Wildman–Crippen LogP) is 7.81. The Bertz CT molecular complexity index is 2090. The zero-order valence-electron chi connectivity index (χ0n) is 38.6. The van der Waals surface area contributed by atoms with Crippen LogP contribution in [0.4, 0.5) is 0 Å². The van der Waals surface area contributed by atoms with Crippen LogP contribution in [-0.4, -0.2) is 78.2 Å². The highest BCUT2D eigenvalue weighted by atomic mass is 16.7. The Balaban J connectivity index is 0.987. The van der Waals surface area contributed by atoms with Crippen molar-refractivity contribution in [1.29, 1.82) is 0 Å². The number of carbonyl (C=O) groups is 3. The highest BCUT2D eigenvalue weighted by molar-refractivity contribution is 5.92. The minimum Gasteiger partial charge on any atom is -0.469 e. The third kappa shape index (κ3) is 6.31. The average molecular weight is 881 g/mol. The topological polar surface area (TPSA) is 149 Å². The van der Waals surface area contributed by atoms with Crippen molar-refractivity contribution >= 4 is 17.7 Å². The average Bonchev–Trinajstić information content (AvgIpc) is 3.55. The first-order chi connectivity index (χ1) is 30.9. The number of hydrogen-bond acceptors (Lipinski definition) is 11. The van der Waals surface area contributed by atoms with Gasteiger partial charge in [0, 0.05) is 47.5 Å². The molecule has 5 aliphatic heterocycles. The summed E-state index contributed by atoms with van der Waals surface area (Å²) in [5, 5.41) is 20.7. The standard InChI is InChI=1S/C53H72N2O9/c1-31(2)19-23-50(4)44-43(57)45(58)52(36-12-8-11-34(26-36)25-33-9-6-5-7-10-33)40(51(44)29-61-42(56)27-41(51)63-50)20-22-49(3)46(62-48(59)47-53(49,52)64-47)37-21-24-60-39(37)18-15-32-13-16-35(17-14-32)38-28-54-30-55-38/h5-7,9-10,21,24,31-32,34-36,38,40-41,44-47,54-55,58H,8,11-20,22-23,25-30H2,1-4H3/t32?,34-,35?,36+,38-,40-,41+,44-,45-,46+,47-,49+,50+,51+,52+,53-/m1/s1. The Kier molecular flexibility index (Phi) is 10.9. The molecule has 0 amide bonds. The van der Waals surface area contributed by atoms with Gasteiger partial charge in [0.25, 0.3) is 0 Å². The van der Waals surface area contributed by atoms with Gasteiger partial charge in [0.2, 0.25) is 0 Å². The molecule has 348 valence electrons. The van der Waals surface area contributed by atoms with E-state index >= 15 is 4.79 Å². The molecule has 0 unspecified atom stereocenters. The van der Waals surface area contributed by atoms with E-state index in [4.69, 9.17) is 23.4 Å². The van der Waals surface area contributed by atoms with Gasteiger partial charge >= 0.3 is 11.9 Å². The van der Waals surface area contributed by atoms with Crippen molar-refractivity contribution in [3.05, 3.63) is 59.5 Å². The summed E-state index contributed by atoms with van der Waals surface area (Å²) < 4.78 is 33.5. The quantitative estimate of drug-likeness (QED) is 0.150. The molecule has 1 aromatic carbocycles. The summed E-state index contributed by atoms with van der Waals surface area (Å²) in [6.07, 6.45) is 12.2. The highest BCUT2D eigenvalue weighted by Gasteiger charge is 2.93. The summed E-state index contributed by atoms with van der Waals surface area (Å²) in [7, 11) is 0. The first-order valence-corrected chi connectivity index (χ1v) is 25.3. The number of Topliss-reactive ketones (excluding diaryl/α,β-unsaturated/α-hetero) is 1. The van der Waals surface area contributed by atoms with Gasteiger partial charge < -0.3 is 39.1 Å². The van der Waals surface area contributed by atoms with Crippen LogP contribution in [0.15, 0.2) is 47.1 Å². The van der Waals surface area contributed by atoms with E-state index in [0.29, 0.717) is 49.0 Å². The number of benzene rings is 1. The molecule has 2 spiro atoms. The summed E-state index contributed by atoms with van der Waals surface area (Å²) in [4.78, 5) is 44.0. The van der Waals surface area contributed by atoms with Gasteiger partial charge in [0.05, 0.1) is 30.3 Å². The molecule has 4 aliphatic carbocycles. The number of ether oxygens (including phenoxy) is 4. The molecule has 0 bridgehead atoms. The minimum atomic E-state index is -1.41. The van der Waals surface area contributed by atoms with Gasteiger partial charge in [-0.1, -0.05) is 76.8 Å². The fourth-order valence-electron chi connectivity index (χ4n) is 16.8. The summed E-state index contributed by atoms with van der Waals surface area (Å²) in [5.74, 6) is 0.808. The zero-order valence-corrected chi connectivity index (χ0v) is 38.6. The number of aryl methyl sites for hydroxylation is 1. The summed E-state index contributed by atoms with van der Waals surface area (Å²) in [6, 6.07) is 13.2. The number of esters is 2. The van der Waals surface area contributed by atoms with Crippen molar-refractivity contribution in [2.75, 3.05) is 19.8 Å². The molecular formula is C53H72N2O9. The maximum atomic E-state index is 15.9. The lowest BCUT2D eigenvalue weighted by molar-refractivity contribution is -0.276. The first-order valence-electron chi connectivity index (χ1n) is 25.3. The van der Waals surface area contributed by atoms with Gasteiger partial charge in [-0.2, -0.15) is 0 Å². The monoisotopic (exact) mass is 881 g/mol. The van der Waals surface area contributed by atoms with E-state index < -0.39 is 63.8 Å². The maximum absolute atomic E-state index is 15.9. The number of hydrogen-bond donors (Lipinski definition) is 3. The van der Waals surface area contributed by atoms with E-state index in [2.05, 4.69) is 61.7 Å². The molecule has 3 N–H and O–H groups in total. The minimum absolute atomic E-state index is 0.0661. The SMILES string of the molecule is CC(C)CC[C@]1(C)O[C@H]2CC(=O)OC[C@]23[C@H]2CC[C@@]4(C)[C@H](c5ccoc5CCC5CCC([C@H]6CNCN6)CC5)OC(=O)[C@H]5O[C@]54[C@]2([C@H]2CCC[C@H](Cc4ccccc4)C2)[C@H](O)C(=O)[C@@H]31. The maximum Gasteiger partial charge on any atom is 0.339 e. The van der Waals surface area contributed by atoms with E-state index in [1.54, 1.807) is 6.26 Å². The second kappa shape index (κ2) is 16.0. The largest absolute Gasteiger partial charge is 0.469 e. The van der Waals surface area contributed by atoms with Crippen LogP contribution in [0.3, 0.4) is 0 Å². The lowest BCUT2D eigenvalue weighted by atomic mass is 9.32. The second-order valence-electron chi connectivity index (χ2n) is 23.0. The number of aliphatic hydroxyl groups excluding tert-OH is 1. The van der Waals surface area contributed by atoms with Crippen LogP contribution in [0.2, 0.25) is 0 Å². The van der Waals surface area contributed by atoms with Gasteiger partial charge in [-0.15, -0.1) is 0 Å². The van der Waals surface area contributed by atoms with E-state index in [1.165, 1.54) is 31.2 Å². The Morgan fingerprint density at radius 2 is 1.73 bits per heavy atom. The summed E-state index contributed by atoms with van der Waals surface area (Å²) >= 11 is 0. The highest BCUT2D eigenvalue weighted by Crippen LogP contribution is 2.83. The molecule has 9 fully saturated rings. The molecule has 0 radical (unpaired) electrons. The fraction of sp³-hybridized carbons (Fsp3) is 0.755. The number of nitrogens with one attached hydrogen (secondary N) is 2. The van der Waals surface area contributed by atoms with Crippen molar-refractivity contribution < 1.29 is 42.9 Å². The van der Waals surface area contributed by atoms with Crippen LogP contribution in [0.5, 0.6) is 0 Å². The van der Waals surface area contributed by atoms with Crippen molar-refractivity contribution in [1.82, 2.24) is 10.6 Å². The molecule has 5 saturated heterocycles. The molecule has 4 saturated carbocycles. The second-order valence-corrected chi connectivity index (χ2v) is 23.0. The third-order valence-electron chi connectivity index (χ3n) is 19.5. The van der Waals surface area contributed by atoms with Crippen LogP contribution < -0.4 is 10.6 Å². The molecule has 9 aliphatic rings. The Morgan fingerprint density at radius 3 is 2.50 bits per heavy atom. The van der Waals surface area contributed by atoms with E-state index in [-0.39, 0.29) is 36.6 Å². The smallest absolute Gasteiger partial charge is 0.339 e. The van der Waals surface area contributed by atoms with Crippen LogP contribution in [0.1, 0.15) is 141 Å². The van der Waals surface area contributed by atoms with E-state index in [0.717, 1.165) is 75.9 Å². The van der Waals surface area contributed by atoms with Gasteiger partial charge in [0.1, 0.15) is 30.2 Å². The van der Waals surface area contributed by atoms with Crippen molar-refractivity contribution in [2.45, 2.75) is 172 Å². The van der Waals surface area contributed by atoms with Gasteiger partial charge in [-0.25, -0.2) is 4.79 Å². The number of furan rings is 1. The van der Waals surface area contributed by atoms with Crippen LogP contribution in [-0.2, 0) is 46.2 Å². The number of cyclic esters (lactones) is 2. The summed E-state index contributed by atoms with van der Waals surface area (Å²) in [6.45, 7) is 10.6. The zero-order chi connectivity index (χ0) is 44.2. The third-order valence-corrected chi connectivity index (χ3v) is 19.5. The number of aliphatic hydroxyl groups is 1. The molecule has 64 heavy (non-hydrogen) atoms. The normalized spacial score (nSPS) is 46.0. The Labute approximate surface area is 379 Å². The van der Waals surface area contributed by atoms with Crippen molar-refractivity contribution in [3.8, 4) is 0 Å². The molecule has 2 aromatic rings. The molecule has 6 heterocycles. The Hall–Kier alpha value is -3.09. The number of ketones is 1. The number of epoxide rings is 1. The molecule has 11 rings (SSSR count). The molecule has 14 atom stereocenters. The first kappa shape index (κ1) is 43.5. The molecule has 1 aromatic heterocycles. The van der Waals surface area contributed by atoms with Crippen molar-refractivity contribution in [3.63, 3.8) is 0 Å². The fourth-order valence-corrected chi connectivity index (χ4v) is 16.8.